The first-order valence-electron chi connectivity index (χ1n) is 8.92. The highest BCUT2D eigenvalue weighted by Gasteiger charge is 2.54. The number of fused-ring (bicyclic) bond motifs is 2. The number of nitrogens with zero attached hydrogens (tertiary/aromatic N) is 1. The van der Waals surface area contributed by atoms with Crippen LogP contribution in [0.15, 0.2) is 41.1 Å². The van der Waals surface area contributed by atoms with Crippen molar-refractivity contribution in [3.05, 3.63) is 57.7 Å². The minimum Gasteiger partial charge on any atom is -0.317 e. The normalized spacial score (nSPS) is 21.1. The third-order valence-electron chi connectivity index (χ3n) is 5.67. The second kappa shape index (κ2) is 7.29. The van der Waals surface area contributed by atoms with Crippen molar-refractivity contribution in [3.63, 3.8) is 0 Å². The largest absolute Gasteiger partial charge is 0.317 e. The summed E-state index contributed by atoms with van der Waals surface area (Å²) in [4.78, 5) is 0. The lowest BCUT2D eigenvalue weighted by molar-refractivity contribution is 0.273. The van der Waals surface area contributed by atoms with E-state index in [9.17, 15) is 12.8 Å². The Labute approximate surface area is 178 Å². The summed E-state index contributed by atoms with van der Waals surface area (Å²) in [5.41, 5.74) is 0.809. The van der Waals surface area contributed by atoms with Crippen LogP contribution in [0.4, 0.5) is 10.1 Å². The number of sulfonamides is 1. The predicted octanol–water partition coefficient (Wildman–Crippen LogP) is 4.97. The smallest absolute Gasteiger partial charge is 0.274 e. The molecule has 28 heavy (non-hydrogen) atoms. The van der Waals surface area contributed by atoms with Crippen molar-refractivity contribution < 1.29 is 12.8 Å². The van der Waals surface area contributed by atoms with E-state index in [1.54, 1.807) is 12.1 Å². The Morgan fingerprint density at radius 3 is 2.64 bits per heavy atom. The molecule has 1 N–H and O–H groups in total. The highest BCUT2D eigenvalue weighted by molar-refractivity contribution is 7.94. The Morgan fingerprint density at radius 2 is 2.04 bits per heavy atom. The fourth-order valence-electron chi connectivity index (χ4n) is 4.47. The van der Waals surface area contributed by atoms with Gasteiger partial charge in [0.25, 0.3) is 10.0 Å². The molecule has 0 amide bonds. The first-order valence-corrected chi connectivity index (χ1v) is 11.9. The molecule has 1 saturated heterocycles. The van der Waals surface area contributed by atoms with Crippen molar-refractivity contribution >= 4 is 50.2 Å². The Morgan fingerprint density at radius 1 is 1.32 bits per heavy atom. The lowest BCUT2D eigenvalue weighted by Gasteiger charge is -2.41. The van der Waals surface area contributed by atoms with Crippen LogP contribution in [0.2, 0.25) is 9.36 Å². The molecule has 2 aliphatic heterocycles. The highest BCUT2D eigenvalue weighted by Crippen LogP contribution is 2.54. The highest BCUT2D eigenvalue weighted by atomic mass is 35.5. The lowest BCUT2D eigenvalue weighted by Crippen LogP contribution is -2.51. The molecule has 1 fully saturated rings. The Kier molecular flexibility index (Phi) is 5.25. The molecule has 4 rings (SSSR count). The van der Waals surface area contributed by atoms with Crippen LogP contribution in [-0.2, 0) is 15.4 Å². The molecular formula is C19H19Cl2FN2O2S2. The standard InChI is InChI=1S/C19H19Cl2FN2O2S2/c1-2-3-16-19(6-8-23-9-7-19)13-10-12(22)4-5-15(13)24(16)28(25,26)17-11-14(20)18(21)27-17/h2,4-5,10-11,16,23H,1,3,6-9H2/t16-/m1/s1. The van der Waals surface area contributed by atoms with Crippen LogP contribution < -0.4 is 9.62 Å². The van der Waals surface area contributed by atoms with Gasteiger partial charge in [0.05, 0.1) is 16.8 Å². The van der Waals surface area contributed by atoms with Crippen LogP contribution in [0.1, 0.15) is 24.8 Å². The number of thiophene rings is 1. The minimum absolute atomic E-state index is 0.0813. The van der Waals surface area contributed by atoms with Crippen molar-refractivity contribution in [2.45, 2.75) is 34.9 Å². The van der Waals surface area contributed by atoms with E-state index >= 15 is 0 Å². The van der Waals surface area contributed by atoms with E-state index in [2.05, 4.69) is 11.9 Å². The summed E-state index contributed by atoms with van der Waals surface area (Å²) in [5.74, 6) is -0.365. The summed E-state index contributed by atoms with van der Waals surface area (Å²) < 4.78 is 43.2. The van der Waals surface area contributed by atoms with Gasteiger partial charge >= 0.3 is 0 Å². The third kappa shape index (κ3) is 2.99. The summed E-state index contributed by atoms with van der Waals surface area (Å²) in [7, 11) is -3.92. The Bertz CT molecular complexity index is 1010. The van der Waals surface area contributed by atoms with E-state index in [1.165, 1.54) is 22.5 Å². The van der Waals surface area contributed by atoms with Gasteiger partial charge in [0.1, 0.15) is 14.4 Å². The van der Waals surface area contributed by atoms with Gasteiger partial charge in [-0.15, -0.1) is 17.9 Å². The first-order chi connectivity index (χ1) is 13.3. The average molecular weight is 461 g/mol. The molecule has 0 radical (unpaired) electrons. The summed E-state index contributed by atoms with van der Waals surface area (Å²) in [6, 6.07) is 5.35. The topological polar surface area (TPSA) is 49.4 Å². The minimum atomic E-state index is -3.92. The lowest BCUT2D eigenvalue weighted by atomic mass is 9.69. The van der Waals surface area contributed by atoms with Gasteiger partial charge in [0, 0.05) is 5.41 Å². The second-order valence-electron chi connectivity index (χ2n) is 7.10. The summed E-state index contributed by atoms with van der Waals surface area (Å²) >= 11 is 13.0. The van der Waals surface area contributed by atoms with Crippen LogP contribution in [0.25, 0.3) is 0 Å². The molecule has 0 unspecified atom stereocenters. The molecule has 2 aliphatic rings. The van der Waals surface area contributed by atoms with E-state index < -0.39 is 15.4 Å². The fraction of sp³-hybridized carbons (Fsp3) is 0.368. The van der Waals surface area contributed by atoms with E-state index in [1.807, 2.05) is 0 Å². The van der Waals surface area contributed by atoms with Gasteiger partial charge in [-0.25, -0.2) is 12.8 Å². The van der Waals surface area contributed by atoms with E-state index in [0.29, 0.717) is 12.1 Å². The van der Waals surface area contributed by atoms with Gasteiger partial charge in [-0.2, -0.15) is 0 Å². The molecule has 3 heterocycles. The zero-order valence-electron chi connectivity index (χ0n) is 14.9. The molecule has 2 aromatic rings. The molecule has 1 aromatic carbocycles. The van der Waals surface area contributed by atoms with Gasteiger partial charge in [-0.1, -0.05) is 29.3 Å². The summed E-state index contributed by atoms with van der Waals surface area (Å²) in [6.45, 7) is 5.33. The average Bonchev–Trinajstić information content (AvgIpc) is 3.13. The molecule has 1 spiro atoms. The molecular weight excluding hydrogens is 442 g/mol. The molecule has 9 heteroatoms. The van der Waals surface area contributed by atoms with Crippen LogP contribution in [-0.4, -0.2) is 27.5 Å². The zero-order chi connectivity index (χ0) is 20.1. The van der Waals surface area contributed by atoms with E-state index in [4.69, 9.17) is 23.2 Å². The van der Waals surface area contributed by atoms with Gasteiger partial charge in [0.2, 0.25) is 0 Å². The van der Waals surface area contributed by atoms with Crippen molar-refractivity contribution in [1.29, 1.82) is 0 Å². The Balaban J connectivity index is 1.94. The number of hydrogen-bond donors (Lipinski definition) is 1. The van der Waals surface area contributed by atoms with Crippen LogP contribution >= 0.6 is 34.5 Å². The first kappa shape index (κ1) is 20.2. The maximum Gasteiger partial charge on any atom is 0.274 e. The number of rotatable bonds is 4. The van der Waals surface area contributed by atoms with Crippen LogP contribution in [0.3, 0.4) is 0 Å². The number of nitrogens with one attached hydrogen (secondary N) is 1. The molecule has 4 nitrogen and oxygen atoms in total. The fourth-order valence-corrected chi connectivity index (χ4v) is 8.19. The van der Waals surface area contributed by atoms with Gasteiger partial charge in [-0.3, -0.25) is 4.31 Å². The molecule has 0 bridgehead atoms. The maximum atomic E-state index is 14.2. The van der Waals surface area contributed by atoms with Crippen LogP contribution in [0, 0.1) is 5.82 Å². The van der Waals surface area contributed by atoms with Gasteiger partial charge < -0.3 is 5.32 Å². The van der Waals surface area contributed by atoms with E-state index in [-0.39, 0.29) is 25.4 Å². The quantitative estimate of drug-likeness (QED) is 0.655. The van der Waals surface area contributed by atoms with Crippen molar-refractivity contribution in [2.24, 2.45) is 0 Å². The number of anilines is 1. The Hall–Kier alpha value is -1.12. The molecule has 150 valence electrons. The SMILES string of the molecule is C=CC[C@H]1N(S(=O)(=O)c2cc(Cl)c(Cl)s2)c2ccc(F)cc2C12CCNCC2. The van der Waals surface area contributed by atoms with Crippen molar-refractivity contribution in [3.8, 4) is 0 Å². The zero-order valence-corrected chi connectivity index (χ0v) is 18.1. The number of piperidine rings is 1. The maximum absolute atomic E-state index is 14.2. The van der Waals surface area contributed by atoms with Gasteiger partial charge in [0.15, 0.2) is 0 Å². The summed E-state index contributed by atoms with van der Waals surface area (Å²) in [5, 5.41) is 3.53. The van der Waals surface area contributed by atoms with Gasteiger partial charge in [-0.05, 0) is 62.2 Å². The second-order valence-corrected chi connectivity index (χ2v) is 11.2. The number of benzene rings is 1. The third-order valence-corrected chi connectivity index (χ3v) is 9.81. The molecule has 0 aliphatic carbocycles. The van der Waals surface area contributed by atoms with Crippen molar-refractivity contribution in [2.75, 3.05) is 17.4 Å². The monoisotopic (exact) mass is 460 g/mol. The van der Waals surface area contributed by atoms with Crippen molar-refractivity contribution in [1.82, 2.24) is 5.32 Å². The summed E-state index contributed by atoms with van der Waals surface area (Å²) in [6.07, 6.45) is 3.63. The predicted molar refractivity (Wildman–Crippen MR) is 113 cm³/mol. The number of halogens is 3. The number of hydrogen-bond acceptors (Lipinski definition) is 4. The van der Waals surface area contributed by atoms with E-state index in [0.717, 1.165) is 42.8 Å². The molecule has 1 aromatic heterocycles. The molecule has 1 atom stereocenters. The van der Waals surface area contributed by atoms with Crippen LogP contribution in [0.5, 0.6) is 0 Å². The molecule has 0 saturated carbocycles.